The van der Waals surface area contributed by atoms with Crippen LogP contribution in [0.2, 0.25) is 5.02 Å². The molecule has 0 spiro atoms. The smallest absolute Gasteiger partial charge is 0.326 e. The molecule has 166 valence electrons. The van der Waals surface area contributed by atoms with Crippen LogP contribution in [0.15, 0.2) is 60.9 Å². The van der Waals surface area contributed by atoms with Crippen LogP contribution in [0.5, 0.6) is 5.75 Å². The molecule has 2 heterocycles. The average molecular weight is 455 g/mol. The van der Waals surface area contributed by atoms with Gasteiger partial charge in [0.1, 0.15) is 17.6 Å². The van der Waals surface area contributed by atoms with E-state index in [0.717, 1.165) is 17.1 Å². The fourth-order valence-corrected chi connectivity index (χ4v) is 3.19. The third-order valence-corrected chi connectivity index (χ3v) is 4.97. The lowest BCUT2D eigenvalue weighted by atomic mass is 10.1. The first-order valence-electron chi connectivity index (χ1n) is 9.95. The number of halogens is 1. The second kappa shape index (κ2) is 11.1. The summed E-state index contributed by atoms with van der Waals surface area (Å²) in [6.07, 6.45) is 3.52. The summed E-state index contributed by atoms with van der Waals surface area (Å²) in [5.74, 6) is -0.239. The predicted octanol–water partition coefficient (Wildman–Crippen LogP) is 3.22. The molecule has 0 aliphatic heterocycles. The third kappa shape index (κ3) is 6.42. The molecule has 0 fully saturated rings. The molecule has 1 atom stereocenters. The number of carbonyl (C=O) groups excluding carboxylic acids is 1. The van der Waals surface area contributed by atoms with Crippen molar-refractivity contribution >= 4 is 29.3 Å². The van der Waals surface area contributed by atoms with Crippen molar-refractivity contribution in [2.45, 2.75) is 18.9 Å². The van der Waals surface area contributed by atoms with Crippen molar-refractivity contribution in [1.29, 1.82) is 0 Å². The Morgan fingerprint density at radius 1 is 1.16 bits per heavy atom. The number of carboxylic acids is 1. The van der Waals surface area contributed by atoms with Gasteiger partial charge in [0.2, 0.25) is 0 Å². The van der Waals surface area contributed by atoms with Crippen LogP contribution in [0, 0.1) is 0 Å². The number of hydrogen-bond acceptors (Lipinski definition) is 6. The SMILES string of the molecule is CNc1cccc(CCOc2ccc(C[C@H](NC(=O)c3ccncc3Cl)C(=O)O)cc2)n1. The van der Waals surface area contributed by atoms with Gasteiger partial charge in [0.05, 0.1) is 17.2 Å². The molecule has 32 heavy (non-hydrogen) atoms. The van der Waals surface area contributed by atoms with Gasteiger partial charge in [-0.05, 0) is 35.9 Å². The fraction of sp³-hybridized carbons (Fsp3) is 0.217. The predicted molar refractivity (Wildman–Crippen MR) is 121 cm³/mol. The summed E-state index contributed by atoms with van der Waals surface area (Å²) in [4.78, 5) is 32.3. The lowest BCUT2D eigenvalue weighted by Gasteiger charge is -2.15. The Bertz CT molecular complexity index is 1080. The van der Waals surface area contributed by atoms with E-state index in [1.165, 1.54) is 18.5 Å². The van der Waals surface area contributed by atoms with Gasteiger partial charge in [-0.2, -0.15) is 0 Å². The van der Waals surface area contributed by atoms with Crippen LogP contribution in [0.4, 0.5) is 5.82 Å². The van der Waals surface area contributed by atoms with Crippen LogP contribution < -0.4 is 15.4 Å². The number of ether oxygens (including phenoxy) is 1. The molecule has 0 saturated carbocycles. The van der Waals surface area contributed by atoms with Gasteiger partial charge in [-0.3, -0.25) is 9.78 Å². The number of anilines is 1. The van der Waals surface area contributed by atoms with Crippen LogP contribution in [-0.2, 0) is 17.6 Å². The maximum absolute atomic E-state index is 12.4. The Balaban J connectivity index is 1.55. The Kier molecular flexibility index (Phi) is 7.99. The lowest BCUT2D eigenvalue weighted by molar-refractivity contribution is -0.139. The molecular weight excluding hydrogens is 432 g/mol. The van der Waals surface area contributed by atoms with E-state index in [0.29, 0.717) is 18.8 Å². The van der Waals surface area contributed by atoms with E-state index in [1.54, 1.807) is 24.3 Å². The fourth-order valence-electron chi connectivity index (χ4n) is 2.98. The highest BCUT2D eigenvalue weighted by Crippen LogP contribution is 2.16. The van der Waals surface area contributed by atoms with Crippen LogP contribution in [0.1, 0.15) is 21.6 Å². The minimum absolute atomic E-state index is 0.116. The van der Waals surface area contributed by atoms with Gasteiger partial charge in [-0.15, -0.1) is 0 Å². The Hall–Kier alpha value is -3.65. The van der Waals surface area contributed by atoms with E-state index >= 15 is 0 Å². The van der Waals surface area contributed by atoms with Crippen LogP contribution in [-0.4, -0.2) is 46.6 Å². The molecule has 0 unspecified atom stereocenters. The largest absolute Gasteiger partial charge is 0.493 e. The van der Waals surface area contributed by atoms with Gasteiger partial charge in [0, 0.05) is 38.0 Å². The highest BCUT2D eigenvalue weighted by atomic mass is 35.5. The van der Waals surface area contributed by atoms with Gasteiger partial charge < -0.3 is 20.5 Å². The Morgan fingerprint density at radius 3 is 2.62 bits per heavy atom. The molecule has 2 aromatic heterocycles. The van der Waals surface area contributed by atoms with Crippen LogP contribution in [0.25, 0.3) is 0 Å². The average Bonchev–Trinajstić information content (AvgIpc) is 2.80. The molecule has 0 saturated heterocycles. The number of nitrogens with one attached hydrogen (secondary N) is 2. The number of nitrogens with zero attached hydrogens (tertiary/aromatic N) is 2. The second-order valence-corrected chi connectivity index (χ2v) is 7.34. The first-order chi connectivity index (χ1) is 15.5. The van der Waals surface area contributed by atoms with Gasteiger partial charge in [-0.1, -0.05) is 29.8 Å². The summed E-state index contributed by atoms with van der Waals surface area (Å²) >= 11 is 5.96. The molecule has 0 bridgehead atoms. The Morgan fingerprint density at radius 2 is 1.94 bits per heavy atom. The number of rotatable bonds is 10. The summed E-state index contributed by atoms with van der Waals surface area (Å²) in [6.45, 7) is 0.458. The molecule has 8 nitrogen and oxygen atoms in total. The summed E-state index contributed by atoms with van der Waals surface area (Å²) in [7, 11) is 1.82. The molecule has 3 N–H and O–H groups in total. The van der Waals surface area contributed by atoms with E-state index in [2.05, 4.69) is 20.6 Å². The van der Waals surface area contributed by atoms with Gasteiger partial charge in [-0.25, -0.2) is 9.78 Å². The number of benzene rings is 1. The second-order valence-electron chi connectivity index (χ2n) is 6.93. The van der Waals surface area contributed by atoms with Gasteiger partial charge >= 0.3 is 5.97 Å². The molecule has 3 rings (SSSR count). The maximum Gasteiger partial charge on any atom is 0.326 e. The van der Waals surface area contributed by atoms with Gasteiger partial charge in [0.15, 0.2) is 0 Å². The molecule has 0 aliphatic rings. The molecule has 0 aliphatic carbocycles. The molecule has 0 radical (unpaired) electrons. The summed E-state index contributed by atoms with van der Waals surface area (Å²) in [6, 6.07) is 13.2. The van der Waals surface area contributed by atoms with Crippen molar-refractivity contribution < 1.29 is 19.4 Å². The number of aromatic nitrogens is 2. The third-order valence-electron chi connectivity index (χ3n) is 4.67. The van der Waals surface area contributed by atoms with Crippen molar-refractivity contribution in [2.24, 2.45) is 0 Å². The summed E-state index contributed by atoms with van der Waals surface area (Å²) < 4.78 is 5.76. The minimum atomic E-state index is -1.14. The molecule has 1 amide bonds. The number of pyridine rings is 2. The first kappa shape index (κ1) is 23.0. The number of hydrogen-bond donors (Lipinski definition) is 3. The molecule has 9 heteroatoms. The topological polar surface area (TPSA) is 113 Å². The van der Waals surface area contributed by atoms with Gasteiger partial charge in [0.25, 0.3) is 5.91 Å². The first-order valence-corrected chi connectivity index (χ1v) is 10.3. The van der Waals surface area contributed by atoms with Crippen LogP contribution >= 0.6 is 11.6 Å². The number of aliphatic carboxylic acids is 1. The highest BCUT2D eigenvalue weighted by Gasteiger charge is 2.22. The summed E-state index contributed by atoms with van der Waals surface area (Å²) in [5, 5.41) is 15.2. The molecule has 3 aromatic rings. The lowest BCUT2D eigenvalue weighted by Crippen LogP contribution is -2.42. The molecular formula is C23H23ClN4O4. The number of carbonyl (C=O) groups is 2. The van der Waals surface area contributed by atoms with Crippen molar-refractivity contribution in [3.63, 3.8) is 0 Å². The number of carboxylic acid groups (broad SMARTS) is 1. The van der Waals surface area contributed by atoms with Crippen molar-refractivity contribution in [1.82, 2.24) is 15.3 Å². The van der Waals surface area contributed by atoms with E-state index in [1.807, 2.05) is 25.2 Å². The Labute approximate surface area is 190 Å². The highest BCUT2D eigenvalue weighted by molar-refractivity contribution is 6.33. The number of amides is 1. The maximum atomic E-state index is 12.4. The van der Waals surface area contributed by atoms with E-state index in [4.69, 9.17) is 16.3 Å². The zero-order valence-electron chi connectivity index (χ0n) is 17.4. The van der Waals surface area contributed by atoms with Crippen molar-refractivity contribution in [3.05, 3.63) is 82.8 Å². The monoisotopic (exact) mass is 454 g/mol. The zero-order chi connectivity index (χ0) is 22.9. The van der Waals surface area contributed by atoms with E-state index in [-0.39, 0.29) is 17.0 Å². The van der Waals surface area contributed by atoms with Crippen molar-refractivity contribution in [2.75, 3.05) is 19.0 Å². The van der Waals surface area contributed by atoms with E-state index < -0.39 is 17.9 Å². The van der Waals surface area contributed by atoms with E-state index in [9.17, 15) is 14.7 Å². The normalized spacial score (nSPS) is 11.4. The summed E-state index contributed by atoms with van der Waals surface area (Å²) in [5.41, 5.74) is 1.84. The standard InChI is InChI=1S/C23H23ClN4O4/c1-25-21-4-2-3-16(27-21)10-12-32-17-7-5-15(6-8-17)13-20(23(30)31)28-22(29)18-9-11-26-14-19(18)24/h2-9,11,14,20H,10,12-13H2,1H3,(H,25,27)(H,28,29)(H,30,31)/t20-/m0/s1. The quantitative estimate of drug-likeness (QED) is 0.431. The minimum Gasteiger partial charge on any atom is -0.493 e. The van der Waals surface area contributed by atoms with Crippen molar-refractivity contribution in [3.8, 4) is 5.75 Å². The molecule has 1 aromatic carbocycles. The zero-order valence-corrected chi connectivity index (χ0v) is 18.2. The van der Waals surface area contributed by atoms with Crippen LogP contribution in [0.3, 0.4) is 0 Å².